The van der Waals surface area contributed by atoms with E-state index in [0.717, 1.165) is 25.9 Å². The van der Waals surface area contributed by atoms with Crippen LogP contribution in [0.4, 0.5) is 5.69 Å². The van der Waals surface area contributed by atoms with Crippen molar-refractivity contribution in [1.29, 1.82) is 0 Å². The highest BCUT2D eigenvalue weighted by molar-refractivity contribution is 5.53. The van der Waals surface area contributed by atoms with E-state index in [2.05, 4.69) is 61.1 Å². The van der Waals surface area contributed by atoms with Crippen LogP contribution in [-0.2, 0) is 6.42 Å². The zero-order valence-electron chi connectivity index (χ0n) is 12.3. The first-order valence-corrected chi connectivity index (χ1v) is 7.34. The molecule has 0 unspecified atom stereocenters. The molecule has 0 aliphatic carbocycles. The van der Waals surface area contributed by atoms with Gasteiger partial charge in [-0.15, -0.1) is 6.58 Å². The van der Waals surface area contributed by atoms with Gasteiger partial charge in [-0.1, -0.05) is 31.2 Å². The number of nitrogens with one attached hydrogen (secondary N) is 1. The van der Waals surface area contributed by atoms with E-state index >= 15 is 0 Å². The summed E-state index contributed by atoms with van der Waals surface area (Å²) in [5, 5.41) is 3.84. The second kappa shape index (κ2) is 6.25. The number of para-hydroxylation sites is 1. The minimum absolute atomic E-state index is 0.194. The number of nitrogens with zero attached hydrogens (tertiary/aromatic N) is 1. The van der Waals surface area contributed by atoms with Crippen LogP contribution in [0, 0.1) is 0 Å². The van der Waals surface area contributed by atoms with Gasteiger partial charge < -0.3 is 10.2 Å². The third-order valence-corrected chi connectivity index (χ3v) is 4.28. The van der Waals surface area contributed by atoms with Crippen LogP contribution >= 0.6 is 0 Å². The lowest BCUT2D eigenvalue weighted by Gasteiger charge is -2.42. The van der Waals surface area contributed by atoms with Crippen LogP contribution in [0.3, 0.4) is 0 Å². The molecule has 0 atom stereocenters. The molecule has 104 valence electrons. The number of hydrogen-bond donors (Lipinski definition) is 1. The van der Waals surface area contributed by atoms with Crippen LogP contribution in [-0.4, -0.2) is 30.6 Å². The molecule has 1 aromatic carbocycles. The summed E-state index contributed by atoms with van der Waals surface area (Å²) in [6.45, 7) is 8.49. The molecule has 0 saturated carbocycles. The highest BCUT2D eigenvalue weighted by Crippen LogP contribution is 2.31. The number of piperidine rings is 1. The monoisotopic (exact) mass is 258 g/mol. The van der Waals surface area contributed by atoms with Crippen LogP contribution in [0.1, 0.15) is 31.7 Å². The van der Waals surface area contributed by atoms with Crippen LogP contribution in [0.2, 0.25) is 0 Å². The lowest BCUT2D eigenvalue weighted by Crippen LogP contribution is -2.48. The van der Waals surface area contributed by atoms with Crippen LogP contribution < -0.4 is 5.32 Å². The van der Waals surface area contributed by atoms with E-state index in [9.17, 15) is 0 Å². The van der Waals surface area contributed by atoms with E-state index < -0.39 is 0 Å². The second-order valence-corrected chi connectivity index (χ2v) is 5.71. The van der Waals surface area contributed by atoms with Crippen molar-refractivity contribution in [2.75, 3.05) is 25.5 Å². The summed E-state index contributed by atoms with van der Waals surface area (Å²) >= 11 is 0. The third kappa shape index (κ3) is 3.38. The summed E-state index contributed by atoms with van der Waals surface area (Å²) in [5.74, 6) is 0. The van der Waals surface area contributed by atoms with E-state index in [-0.39, 0.29) is 5.54 Å². The standard InChI is InChI=1S/C17H26N2/c1-4-10-17(11-13-19(3)14-12-17)18-16-9-7-6-8-15(16)5-2/h4,6-9,18H,1,5,10-14H2,2-3H3. The van der Waals surface area contributed by atoms with E-state index in [1.54, 1.807) is 0 Å². The van der Waals surface area contributed by atoms with Crippen LogP contribution in [0.25, 0.3) is 0 Å². The Hall–Kier alpha value is -1.28. The molecule has 0 amide bonds. The van der Waals surface area contributed by atoms with Gasteiger partial charge in [0.25, 0.3) is 0 Å². The quantitative estimate of drug-likeness (QED) is 0.810. The molecule has 2 rings (SSSR count). The van der Waals surface area contributed by atoms with Gasteiger partial charge in [0.2, 0.25) is 0 Å². The predicted octanol–water partition coefficient (Wildman–Crippen LogP) is 3.70. The molecule has 0 radical (unpaired) electrons. The van der Waals surface area contributed by atoms with E-state index in [4.69, 9.17) is 0 Å². The third-order valence-electron chi connectivity index (χ3n) is 4.28. The highest BCUT2D eigenvalue weighted by atomic mass is 15.1. The second-order valence-electron chi connectivity index (χ2n) is 5.71. The SMILES string of the molecule is C=CCC1(Nc2ccccc2CC)CCN(C)CC1. The van der Waals surface area contributed by atoms with Crippen molar-refractivity contribution in [3.8, 4) is 0 Å². The number of anilines is 1. The maximum Gasteiger partial charge on any atom is 0.0432 e. The smallest absolute Gasteiger partial charge is 0.0432 e. The highest BCUT2D eigenvalue weighted by Gasteiger charge is 2.32. The van der Waals surface area contributed by atoms with Gasteiger partial charge in [0.15, 0.2) is 0 Å². The summed E-state index contributed by atoms with van der Waals surface area (Å²) in [6, 6.07) is 8.68. The van der Waals surface area contributed by atoms with Crippen LogP contribution in [0.5, 0.6) is 0 Å². The lowest BCUT2D eigenvalue weighted by molar-refractivity contribution is 0.206. The summed E-state index contributed by atoms with van der Waals surface area (Å²) < 4.78 is 0. The Labute approximate surface area is 117 Å². The van der Waals surface area contributed by atoms with Crippen molar-refractivity contribution in [2.45, 2.75) is 38.1 Å². The molecule has 1 aliphatic heterocycles. The molecule has 0 bridgehead atoms. The molecule has 0 aromatic heterocycles. The Morgan fingerprint density at radius 3 is 2.63 bits per heavy atom. The molecule has 1 aliphatic rings. The fraction of sp³-hybridized carbons (Fsp3) is 0.529. The van der Waals surface area contributed by atoms with Crippen molar-refractivity contribution in [2.24, 2.45) is 0 Å². The predicted molar refractivity (Wildman–Crippen MR) is 83.7 cm³/mol. The number of rotatable bonds is 5. The van der Waals surface area contributed by atoms with Gasteiger partial charge >= 0.3 is 0 Å². The van der Waals surface area contributed by atoms with Gasteiger partial charge in [-0.3, -0.25) is 0 Å². The molecule has 1 saturated heterocycles. The van der Waals surface area contributed by atoms with Gasteiger partial charge in [0, 0.05) is 24.3 Å². The summed E-state index contributed by atoms with van der Waals surface area (Å²) in [7, 11) is 2.21. The number of hydrogen-bond acceptors (Lipinski definition) is 2. The number of likely N-dealkylation sites (tertiary alicyclic amines) is 1. The number of benzene rings is 1. The fourth-order valence-corrected chi connectivity index (χ4v) is 2.94. The van der Waals surface area contributed by atoms with Gasteiger partial charge in [-0.25, -0.2) is 0 Å². The molecule has 19 heavy (non-hydrogen) atoms. The molecule has 1 heterocycles. The zero-order valence-corrected chi connectivity index (χ0v) is 12.3. The topological polar surface area (TPSA) is 15.3 Å². The molecular formula is C17H26N2. The van der Waals surface area contributed by atoms with Crippen molar-refractivity contribution >= 4 is 5.69 Å². The summed E-state index contributed by atoms with van der Waals surface area (Å²) in [6.07, 6.45) is 6.56. The molecule has 1 N–H and O–H groups in total. The molecule has 1 aromatic rings. The normalized spacial score (nSPS) is 19.1. The van der Waals surface area contributed by atoms with Crippen molar-refractivity contribution in [3.63, 3.8) is 0 Å². The lowest BCUT2D eigenvalue weighted by atomic mass is 9.84. The maximum atomic E-state index is 3.95. The van der Waals surface area contributed by atoms with Gasteiger partial charge in [0.05, 0.1) is 0 Å². The van der Waals surface area contributed by atoms with Crippen molar-refractivity contribution in [3.05, 3.63) is 42.5 Å². The summed E-state index contributed by atoms with van der Waals surface area (Å²) in [5.41, 5.74) is 2.90. The fourth-order valence-electron chi connectivity index (χ4n) is 2.94. The first-order valence-electron chi connectivity index (χ1n) is 7.34. The van der Waals surface area contributed by atoms with E-state index in [1.165, 1.54) is 24.1 Å². The minimum Gasteiger partial charge on any atom is -0.379 e. The maximum absolute atomic E-state index is 3.95. The average Bonchev–Trinajstić information content (AvgIpc) is 2.43. The Morgan fingerprint density at radius 2 is 2.00 bits per heavy atom. The molecule has 1 fully saturated rings. The van der Waals surface area contributed by atoms with E-state index in [1.807, 2.05) is 0 Å². The Kier molecular flexibility index (Phi) is 4.65. The average molecular weight is 258 g/mol. The summed E-state index contributed by atoms with van der Waals surface area (Å²) in [4.78, 5) is 2.41. The Balaban J connectivity index is 2.18. The van der Waals surface area contributed by atoms with Crippen LogP contribution in [0.15, 0.2) is 36.9 Å². The van der Waals surface area contributed by atoms with Crippen molar-refractivity contribution < 1.29 is 0 Å². The molecule has 2 heteroatoms. The van der Waals surface area contributed by atoms with Crippen molar-refractivity contribution in [1.82, 2.24) is 4.90 Å². The molecular weight excluding hydrogens is 232 g/mol. The largest absolute Gasteiger partial charge is 0.379 e. The first-order chi connectivity index (χ1) is 9.19. The molecule has 2 nitrogen and oxygen atoms in total. The van der Waals surface area contributed by atoms with Gasteiger partial charge in [-0.2, -0.15) is 0 Å². The Bertz CT molecular complexity index is 417. The number of aryl methyl sites for hydroxylation is 1. The minimum atomic E-state index is 0.194. The van der Waals surface area contributed by atoms with Gasteiger partial charge in [0.1, 0.15) is 0 Å². The molecule has 0 spiro atoms. The van der Waals surface area contributed by atoms with Gasteiger partial charge in [-0.05, 0) is 44.4 Å². The Morgan fingerprint density at radius 1 is 1.32 bits per heavy atom. The van der Waals surface area contributed by atoms with E-state index in [0.29, 0.717) is 0 Å². The zero-order chi connectivity index (χ0) is 13.7. The first kappa shape index (κ1) is 14.1.